The van der Waals surface area contributed by atoms with E-state index in [9.17, 15) is 5.11 Å². The van der Waals surface area contributed by atoms with E-state index in [0.29, 0.717) is 24.5 Å². The van der Waals surface area contributed by atoms with Crippen molar-refractivity contribution in [2.75, 3.05) is 14.2 Å². The van der Waals surface area contributed by atoms with E-state index in [1.807, 2.05) is 67.8 Å². The third-order valence-electron chi connectivity index (χ3n) is 5.54. The third kappa shape index (κ3) is 4.09. The fourth-order valence-electron chi connectivity index (χ4n) is 3.91. The van der Waals surface area contributed by atoms with Crippen LogP contribution in [0.4, 0.5) is 0 Å². The summed E-state index contributed by atoms with van der Waals surface area (Å²) in [6, 6.07) is 15.3. The molecule has 0 amide bonds. The summed E-state index contributed by atoms with van der Waals surface area (Å²) in [5.41, 5.74) is 1.64. The van der Waals surface area contributed by atoms with Gasteiger partial charge in [0.2, 0.25) is 6.29 Å². The molecule has 0 aliphatic carbocycles. The minimum atomic E-state index is -0.758. The summed E-state index contributed by atoms with van der Waals surface area (Å²) in [5, 5.41) is 11.4. The molecule has 0 fully saturated rings. The molecule has 6 heteroatoms. The van der Waals surface area contributed by atoms with Crippen molar-refractivity contribution in [2.24, 2.45) is 5.92 Å². The number of methoxy groups -OCH3 is 2. The Morgan fingerprint density at radius 2 is 1.53 bits per heavy atom. The van der Waals surface area contributed by atoms with Gasteiger partial charge in [0.05, 0.1) is 20.3 Å². The Bertz CT molecular complexity index is 935. The number of rotatable bonds is 8. The van der Waals surface area contributed by atoms with Crippen LogP contribution in [0.25, 0.3) is 0 Å². The van der Waals surface area contributed by atoms with Crippen molar-refractivity contribution >= 4 is 0 Å². The highest BCUT2D eigenvalue weighted by molar-refractivity contribution is 5.48. The van der Waals surface area contributed by atoms with Crippen molar-refractivity contribution < 1.29 is 24.1 Å². The number of nitrogens with zero attached hydrogens (tertiary/aromatic N) is 1. The first-order valence-corrected chi connectivity index (χ1v) is 10.0. The summed E-state index contributed by atoms with van der Waals surface area (Å²) in [4.78, 5) is 0. The Hall–Kier alpha value is -3.12. The largest absolute Gasteiger partial charge is 0.496 e. The van der Waals surface area contributed by atoms with Gasteiger partial charge in [-0.3, -0.25) is 0 Å². The van der Waals surface area contributed by atoms with Crippen LogP contribution in [-0.4, -0.2) is 30.2 Å². The van der Waals surface area contributed by atoms with Crippen LogP contribution in [0.2, 0.25) is 0 Å². The van der Waals surface area contributed by atoms with Gasteiger partial charge in [0, 0.05) is 36.8 Å². The molecule has 2 heterocycles. The normalized spacial score (nSPS) is 15.1. The van der Waals surface area contributed by atoms with E-state index < -0.39 is 12.4 Å². The molecule has 0 saturated carbocycles. The highest BCUT2D eigenvalue weighted by atomic mass is 16.7. The van der Waals surface area contributed by atoms with Gasteiger partial charge >= 0.3 is 0 Å². The molecule has 2 aromatic carbocycles. The van der Waals surface area contributed by atoms with E-state index >= 15 is 0 Å². The van der Waals surface area contributed by atoms with E-state index in [2.05, 4.69) is 4.57 Å². The average Bonchev–Trinajstić information content (AvgIpc) is 3.42. The molecule has 6 nitrogen and oxygen atoms in total. The average molecular weight is 409 g/mol. The summed E-state index contributed by atoms with van der Waals surface area (Å²) < 4.78 is 25.0. The predicted octanol–water partition coefficient (Wildman–Crippen LogP) is 4.35. The van der Waals surface area contributed by atoms with Crippen LogP contribution >= 0.6 is 0 Å². The fraction of sp³-hybridized carbons (Fsp3) is 0.333. The van der Waals surface area contributed by atoms with Crippen molar-refractivity contribution in [3.8, 4) is 23.0 Å². The van der Waals surface area contributed by atoms with Gasteiger partial charge in [-0.1, -0.05) is 12.1 Å². The number of aliphatic hydroxyl groups excluding tert-OH is 1. The predicted molar refractivity (Wildman–Crippen MR) is 113 cm³/mol. The molecular formula is C24H27NO5. The zero-order valence-electron chi connectivity index (χ0n) is 17.4. The number of hydrogen-bond donors (Lipinski definition) is 1. The molecule has 4 rings (SSSR count). The first kappa shape index (κ1) is 20.2. The highest BCUT2D eigenvalue weighted by Gasteiger charge is 2.31. The Morgan fingerprint density at radius 3 is 2.07 bits per heavy atom. The van der Waals surface area contributed by atoms with Crippen LogP contribution in [0.5, 0.6) is 23.0 Å². The number of benzene rings is 2. The molecule has 2 atom stereocenters. The van der Waals surface area contributed by atoms with Gasteiger partial charge in [-0.25, -0.2) is 0 Å². The molecule has 0 radical (unpaired) electrons. The number of aliphatic hydroxyl groups is 1. The number of para-hydroxylation sites is 2. The maximum atomic E-state index is 11.4. The zero-order chi connectivity index (χ0) is 21.1. The lowest BCUT2D eigenvalue weighted by atomic mass is 9.91. The second-order valence-corrected chi connectivity index (χ2v) is 7.48. The van der Waals surface area contributed by atoms with E-state index in [4.69, 9.17) is 18.9 Å². The summed E-state index contributed by atoms with van der Waals surface area (Å²) in [6.45, 7) is 2.55. The van der Waals surface area contributed by atoms with Gasteiger partial charge < -0.3 is 28.6 Å². The molecule has 0 spiro atoms. The smallest absolute Gasteiger partial charge is 0.242 e. The van der Waals surface area contributed by atoms with Crippen LogP contribution in [-0.2, 0) is 6.54 Å². The molecule has 30 heavy (non-hydrogen) atoms. The van der Waals surface area contributed by atoms with E-state index in [1.54, 1.807) is 14.2 Å². The third-order valence-corrected chi connectivity index (χ3v) is 5.54. The van der Waals surface area contributed by atoms with E-state index in [1.165, 1.54) is 0 Å². The maximum absolute atomic E-state index is 11.4. The molecule has 0 unspecified atom stereocenters. The van der Waals surface area contributed by atoms with E-state index in [0.717, 1.165) is 22.6 Å². The topological polar surface area (TPSA) is 62.1 Å². The number of ether oxygens (including phenoxy) is 4. The summed E-state index contributed by atoms with van der Waals surface area (Å²) in [7, 11) is 3.24. The van der Waals surface area contributed by atoms with Crippen LogP contribution in [0.3, 0.4) is 0 Å². The second kappa shape index (κ2) is 8.71. The first-order valence-electron chi connectivity index (χ1n) is 10.0. The monoisotopic (exact) mass is 409 g/mol. The summed E-state index contributed by atoms with van der Waals surface area (Å²) in [5.74, 6) is 2.67. The Labute approximate surface area is 176 Å². The van der Waals surface area contributed by atoms with Crippen molar-refractivity contribution in [3.63, 3.8) is 0 Å². The van der Waals surface area contributed by atoms with Gasteiger partial charge in [-0.15, -0.1) is 0 Å². The van der Waals surface area contributed by atoms with Crippen molar-refractivity contribution in [2.45, 2.75) is 32.3 Å². The van der Waals surface area contributed by atoms with Crippen LogP contribution < -0.4 is 18.9 Å². The van der Waals surface area contributed by atoms with Crippen molar-refractivity contribution in [1.29, 1.82) is 0 Å². The lowest BCUT2D eigenvalue weighted by Crippen LogP contribution is -2.28. The number of aromatic nitrogens is 1. The quantitative estimate of drug-likeness (QED) is 0.599. The molecule has 1 aromatic heterocycles. The molecule has 158 valence electrons. The molecule has 0 bridgehead atoms. The van der Waals surface area contributed by atoms with Crippen molar-refractivity contribution in [3.05, 3.63) is 72.1 Å². The zero-order valence-corrected chi connectivity index (χ0v) is 17.4. The molecule has 1 aliphatic heterocycles. The maximum Gasteiger partial charge on any atom is 0.242 e. The fourth-order valence-corrected chi connectivity index (χ4v) is 3.91. The summed E-state index contributed by atoms with van der Waals surface area (Å²) >= 11 is 0. The Morgan fingerprint density at radius 1 is 0.967 bits per heavy atom. The Kier molecular flexibility index (Phi) is 5.86. The molecule has 1 N–H and O–H groups in total. The minimum absolute atomic E-state index is 0.158. The van der Waals surface area contributed by atoms with Crippen LogP contribution in [0, 0.1) is 12.8 Å². The lowest BCUT2D eigenvalue weighted by Gasteiger charge is -2.26. The highest BCUT2D eigenvalue weighted by Crippen LogP contribution is 2.39. The molecule has 1 aliphatic rings. The van der Waals surface area contributed by atoms with Gasteiger partial charge in [0.25, 0.3) is 0 Å². The van der Waals surface area contributed by atoms with Crippen LogP contribution in [0.1, 0.15) is 23.7 Å². The second-order valence-electron chi connectivity index (χ2n) is 7.48. The minimum Gasteiger partial charge on any atom is -0.496 e. The standard InChI is InChI=1S/C24H27NO5/c1-16-21(27-2)12-17(13-22(16)28-3)24(26)18(15-25-10-6-7-11-25)14-23-29-19-8-4-5-9-20(19)30-23/h4-13,18,23-24,26H,14-15H2,1-3H3/t18-,24-/m1/s1. The van der Waals surface area contributed by atoms with Gasteiger partial charge in [0.1, 0.15) is 11.5 Å². The number of hydrogen-bond acceptors (Lipinski definition) is 5. The van der Waals surface area contributed by atoms with Gasteiger partial charge in [0.15, 0.2) is 11.5 Å². The van der Waals surface area contributed by atoms with E-state index in [-0.39, 0.29) is 5.92 Å². The first-order chi connectivity index (χ1) is 14.6. The Balaban J connectivity index is 1.59. The number of fused-ring (bicyclic) bond motifs is 1. The SMILES string of the molecule is COc1cc([C@@H](O)[C@H](CC2Oc3ccccc3O2)Cn2cccc2)cc(OC)c1C. The van der Waals surface area contributed by atoms with Gasteiger partial charge in [-0.2, -0.15) is 0 Å². The van der Waals surface area contributed by atoms with Gasteiger partial charge in [-0.05, 0) is 48.9 Å². The van der Waals surface area contributed by atoms with Crippen molar-refractivity contribution in [1.82, 2.24) is 4.57 Å². The molecular weight excluding hydrogens is 382 g/mol. The lowest BCUT2D eigenvalue weighted by molar-refractivity contribution is -0.00696. The van der Waals surface area contributed by atoms with Crippen LogP contribution in [0.15, 0.2) is 60.9 Å². The molecule has 3 aromatic rings. The summed E-state index contributed by atoms with van der Waals surface area (Å²) in [6.07, 6.45) is 3.29. The molecule has 0 saturated heterocycles.